The van der Waals surface area contributed by atoms with Gasteiger partial charge in [0.1, 0.15) is 17.2 Å². The van der Waals surface area contributed by atoms with Gasteiger partial charge >= 0.3 is 0 Å². The van der Waals surface area contributed by atoms with Crippen molar-refractivity contribution in [3.63, 3.8) is 0 Å². The number of pyridine rings is 1. The predicted molar refractivity (Wildman–Crippen MR) is 105 cm³/mol. The molecule has 3 aromatic heterocycles. The Hall–Kier alpha value is -3.20. The van der Waals surface area contributed by atoms with Crippen LogP contribution in [-0.2, 0) is 0 Å². The molecule has 1 fully saturated rings. The number of aromatic nitrogens is 4. The first-order chi connectivity index (χ1) is 13.1. The summed E-state index contributed by atoms with van der Waals surface area (Å²) in [5.41, 5.74) is 2.20. The minimum absolute atomic E-state index is 0.104. The second kappa shape index (κ2) is 7.20. The van der Waals surface area contributed by atoms with Crippen molar-refractivity contribution in [2.45, 2.75) is 0 Å². The summed E-state index contributed by atoms with van der Waals surface area (Å²) in [7, 11) is 3.42. The maximum Gasteiger partial charge on any atom is 0.269 e. The van der Waals surface area contributed by atoms with Gasteiger partial charge < -0.3 is 25.4 Å². The van der Waals surface area contributed by atoms with E-state index in [4.69, 9.17) is 0 Å². The van der Waals surface area contributed by atoms with Crippen molar-refractivity contribution in [2.75, 3.05) is 50.5 Å². The van der Waals surface area contributed by atoms with Crippen LogP contribution in [0.4, 0.5) is 17.5 Å². The van der Waals surface area contributed by atoms with E-state index >= 15 is 0 Å². The molecule has 0 aliphatic carbocycles. The van der Waals surface area contributed by atoms with Crippen molar-refractivity contribution in [1.29, 1.82) is 0 Å². The lowest BCUT2D eigenvalue weighted by molar-refractivity contribution is 0.0823. The van der Waals surface area contributed by atoms with E-state index in [1.54, 1.807) is 26.4 Å². The fourth-order valence-corrected chi connectivity index (χ4v) is 3.02. The molecule has 1 aliphatic rings. The van der Waals surface area contributed by atoms with Gasteiger partial charge in [0.15, 0.2) is 0 Å². The molecule has 0 atom stereocenters. The average molecular weight is 366 g/mol. The minimum atomic E-state index is -0.104. The number of aromatic amines is 1. The van der Waals surface area contributed by atoms with Crippen LogP contribution >= 0.6 is 0 Å². The lowest BCUT2D eigenvalue weighted by Gasteiger charge is -2.29. The highest BCUT2D eigenvalue weighted by Crippen LogP contribution is 2.19. The van der Waals surface area contributed by atoms with E-state index in [1.165, 1.54) is 4.90 Å². The van der Waals surface area contributed by atoms with E-state index in [-0.39, 0.29) is 5.91 Å². The fraction of sp³-hybridized carbons (Fsp3) is 0.333. The van der Waals surface area contributed by atoms with Crippen LogP contribution in [0.3, 0.4) is 0 Å². The molecule has 0 bridgehead atoms. The zero-order valence-electron chi connectivity index (χ0n) is 15.4. The number of carbonyl (C=O) groups excluding carboxylic acids is 1. The Kier molecular flexibility index (Phi) is 4.59. The molecule has 3 N–H and O–H groups in total. The van der Waals surface area contributed by atoms with Crippen molar-refractivity contribution in [3.8, 4) is 0 Å². The number of nitrogens with one attached hydrogen (secondary N) is 3. The standard InChI is InChI=1S/C18H22N8O/c1-25(2)17(27)14-9-12-10-21-18(24-16(12)22-14)23-15-4-3-13(11-20-15)26-7-5-19-6-8-26/h3-4,9-11,19H,5-8H2,1-2H3,(H2,20,21,22,23,24). The number of fused-ring (bicyclic) bond motifs is 1. The quantitative estimate of drug-likeness (QED) is 0.638. The molecule has 0 spiro atoms. The zero-order valence-corrected chi connectivity index (χ0v) is 15.4. The van der Waals surface area contributed by atoms with E-state index in [9.17, 15) is 4.79 Å². The van der Waals surface area contributed by atoms with E-state index in [0.717, 1.165) is 37.3 Å². The lowest BCUT2D eigenvalue weighted by atomic mass is 10.3. The number of rotatable bonds is 4. The third-order valence-electron chi connectivity index (χ3n) is 4.48. The van der Waals surface area contributed by atoms with Gasteiger partial charge in [-0.05, 0) is 18.2 Å². The second-order valence-electron chi connectivity index (χ2n) is 6.64. The summed E-state index contributed by atoms with van der Waals surface area (Å²) in [6.07, 6.45) is 3.54. The molecule has 4 heterocycles. The number of nitrogens with zero attached hydrogens (tertiary/aromatic N) is 5. The van der Waals surface area contributed by atoms with Gasteiger partial charge in [-0.25, -0.2) is 9.97 Å². The summed E-state index contributed by atoms with van der Waals surface area (Å²) in [5, 5.41) is 7.23. The average Bonchev–Trinajstić information content (AvgIpc) is 3.12. The number of H-pyrrole nitrogens is 1. The molecule has 3 aromatic rings. The van der Waals surface area contributed by atoms with E-state index < -0.39 is 0 Å². The van der Waals surface area contributed by atoms with Crippen LogP contribution < -0.4 is 15.5 Å². The number of hydrogen-bond donors (Lipinski definition) is 3. The van der Waals surface area contributed by atoms with Crippen LogP contribution in [-0.4, -0.2) is 71.0 Å². The third-order valence-corrected chi connectivity index (χ3v) is 4.48. The Labute approximate surface area is 156 Å². The number of piperazine rings is 1. The van der Waals surface area contributed by atoms with Gasteiger partial charge in [-0.3, -0.25) is 4.79 Å². The summed E-state index contributed by atoms with van der Waals surface area (Å²) in [4.78, 5) is 32.1. The number of hydrogen-bond acceptors (Lipinski definition) is 7. The number of amides is 1. The molecule has 0 aromatic carbocycles. The highest BCUT2D eigenvalue weighted by molar-refractivity contribution is 5.97. The zero-order chi connectivity index (χ0) is 18.8. The van der Waals surface area contributed by atoms with Crippen molar-refractivity contribution >= 4 is 34.4 Å². The van der Waals surface area contributed by atoms with Crippen LogP contribution in [0.5, 0.6) is 0 Å². The molecule has 0 radical (unpaired) electrons. The first-order valence-corrected chi connectivity index (χ1v) is 8.86. The molecule has 4 rings (SSSR count). The van der Waals surface area contributed by atoms with Crippen molar-refractivity contribution in [2.24, 2.45) is 0 Å². The second-order valence-corrected chi connectivity index (χ2v) is 6.64. The molecule has 0 unspecified atom stereocenters. The highest BCUT2D eigenvalue weighted by atomic mass is 16.2. The molecule has 1 saturated heterocycles. The van der Waals surface area contributed by atoms with Gasteiger partial charge in [-0.1, -0.05) is 0 Å². The minimum Gasteiger partial charge on any atom is -0.368 e. The van der Waals surface area contributed by atoms with Gasteiger partial charge in [0.25, 0.3) is 5.91 Å². The van der Waals surface area contributed by atoms with E-state index in [0.29, 0.717) is 23.1 Å². The van der Waals surface area contributed by atoms with Gasteiger partial charge in [-0.15, -0.1) is 0 Å². The molecule has 140 valence electrons. The summed E-state index contributed by atoms with van der Waals surface area (Å²) >= 11 is 0. The third kappa shape index (κ3) is 3.68. The molecule has 0 saturated carbocycles. The van der Waals surface area contributed by atoms with E-state index in [1.807, 2.05) is 18.3 Å². The molecule has 27 heavy (non-hydrogen) atoms. The Morgan fingerprint density at radius 3 is 2.70 bits per heavy atom. The summed E-state index contributed by atoms with van der Waals surface area (Å²) in [6.45, 7) is 3.94. The van der Waals surface area contributed by atoms with Crippen molar-refractivity contribution in [1.82, 2.24) is 30.2 Å². The van der Waals surface area contributed by atoms with Gasteiger partial charge in [0.2, 0.25) is 5.95 Å². The van der Waals surface area contributed by atoms with Gasteiger partial charge in [0.05, 0.1) is 11.9 Å². The van der Waals surface area contributed by atoms with Crippen molar-refractivity contribution < 1.29 is 4.79 Å². The van der Waals surface area contributed by atoms with Crippen LogP contribution in [0.15, 0.2) is 30.6 Å². The smallest absolute Gasteiger partial charge is 0.269 e. The van der Waals surface area contributed by atoms with Gasteiger partial charge in [0, 0.05) is 51.9 Å². The lowest BCUT2D eigenvalue weighted by Crippen LogP contribution is -2.43. The molecular formula is C18H22N8O. The normalized spacial score (nSPS) is 14.4. The largest absolute Gasteiger partial charge is 0.368 e. The Bertz CT molecular complexity index is 944. The van der Waals surface area contributed by atoms with Crippen LogP contribution in [0.25, 0.3) is 11.0 Å². The maximum atomic E-state index is 12.1. The summed E-state index contributed by atoms with van der Waals surface area (Å²) in [6, 6.07) is 5.71. The first-order valence-electron chi connectivity index (χ1n) is 8.86. The highest BCUT2D eigenvalue weighted by Gasteiger charge is 2.13. The van der Waals surface area contributed by atoms with Gasteiger partial charge in [-0.2, -0.15) is 4.98 Å². The molecular weight excluding hydrogens is 344 g/mol. The molecule has 9 heteroatoms. The topological polar surface area (TPSA) is 102 Å². The number of anilines is 3. The predicted octanol–water partition coefficient (Wildman–Crippen LogP) is 1.21. The van der Waals surface area contributed by atoms with Crippen LogP contribution in [0.2, 0.25) is 0 Å². The molecule has 1 aliphatic heterocycles. The molecule has 9 nitrogen and oxygen atoms in total. The fourth-order valence-electron chi connectivity index (χ4n) is 3.02. The Morgan fingerprint density at radius 2 is 2.00 bits per heavy atom. The van der Waals surface area contributed by atoms with E-state index in [2.05, 4.69) is 35.5 Å². The SMILES string of the molecule is CN(C)C(=O)c1cc2cnc(Nc3ccc(N4CCNCC4)cn3)nc2[nH]1. The molecule has 1 amide bonds. The Balaban J connectivity index is 1.50. The monoisotopic (exact) mass is 366 g/mol. The maximum absolute atomic E-state index is 12.1. The summed E-state index contributed by atoms with van der Waals surface area (Å²) in [5.74, 6) is 0.993. The van der Waals surface area contributed by atoms with Crippen molar-refractivity contribution in [3.05, 3.63) is 36.3 Å². The van der Waals surface area contributed by atoms with Crippen LogP contribution in [0, 0.1) is 0 Å². The number of carbonyl (C=O) groups is 1. The summed E-state index contributed by atoms with van der Waals surface area (Å²) < 4.78 is 0. The Morgan fingerprint density at radius 1 is 1.19 bits per heavy atom. The first kappa shape index (κ1) is 17.2. The van der Waals surface area contributed by atoms with Crippen LogP contribution in [0.1, 0.15) is 10.5 Å².